The fourth-order valence-corrected chi connectivity index (χ4v) is 1.49. The lowest BCUT2D eigenvalue weighted by atomic mass is 10.1. The monoisotopic (exact) mass is 206 g/mol. The van der Waals surface area contributed by atoms with E-state index in [2.05, 4.69) is 18.8 Å². The van der Waals surface area contributed by atoms with Gasteiger partial charge in [0, 0.05) is 12.7 Å². The van der Waals surface area contributed by atoms with Crippen molar-refractivity contribution in [3.63, 3.8) is 0 Å². The SMILES string of the molecule is CC(C)c1ccc2c(n1)OCC(=O)N2C. The molecule has 0 atom stereocenters. The standard InChI is InChI=1S/C11H14N2O2/c1-7(2)8-4-5-9-11(12-8)15-6-10(14)13(9)3/h4-5,7H,6H2,1-3H3. The summed E-state index contributed by atoms with van der Waals surface area (Å²) in [6.45, 7) is 4.23. The van der Waals surface area contributed by atoms with Crippen molar-refractivity contribution in [3.8, 4) is 5.88 Å². The largest absolute Gasteiger partial charge is 0.466 e. The van der Waals surface area contributed by atoms with Gasteiger partial charge in [-0.05, 0) is 18.1 Å². The summed E-state index contributed by atoms with van der Waals surface area (Å²) in [6.07, 6.45) is 0. The number of carbonyl (C=O) groups is 1. The molecule has 2 heterocycles. The molecule has 1 aromatic heterocycles. The fourth-order valence-electron chi connectivity index (χ4n) is 1.49. The zero-order valence-electron chi connectivity index (χ0n) is 9.15. The lowest BCUT2D eigenvalue weighted by Crippen LogP contribution is -2.35. The summed E-state index contributed by atoms with van der Waals surface area (Å²) in [7, 11) is 1.74. The number of hydrogen-bond acceptors (Lipinski definition) is 3. The summed E-state index contributed by atoms with van der Waals surface area (Å²) in [5.41, 5.74) is 1.73. The van der Waals surface area contributed by atoms with E-state index in [4.69, 9.17) is 4.74 Å². The van der Waals surface area contributed by atoms with Crippen molar-refractivity contribution in [3.05, 3.63) is 17.8 Å². The lowest BCUT2D eigenvalue weighted by molar-refractivity contribution is -0.121. The molecule has 1 amide bonds. The predicted molar refractivity (Wildman–Crippen MR) is 57.2 cm³/mol. The van der Waals surface area contributed by atoms with Crippen LogP contribution in [0.25, 0.3) is 0 Å². The van der Waals surface area contributed by atoms with E-state index >= 15 is 0 Å². The number of hydrogen-bond donors (Lipinski definition) is 0. The van der Waals surface area contributed by atoms with Crippen molar-refractivity contribution in [2.45, 2.75) is 19.8 Å². The minimum absolute atomic E-state index is 0.0402. The molecule has 1 aliphatic heterocycles. The molecule has 0 bridgehead atoms. The molecule has 0 fully saturated rings. The molecule has 4 heteroatoms. The molecule has 0 spiro atoms. The third-order valence-corrected chi connectivity index (χ3v) is 2.52. The number of likely N-dealkylation sites (N-methyl/N-ethyl adjacent to an activating group) is 1. The molecule has 0 radical (unpaired) electrons. The number of ether oxygens (including phenoxy) is 1. The molecule has 0 aromatic carbocycles. The molecular weight excluding hydrogens is 192 g/mol. The molecule has 0 N–H and O–H groups in total. The number of anilines is 1. The lowest BCUT2D eigenvalue weighted by Gasteiger charge is -2.25. The van der Waals surface area contributed by atoms with Crippen LogP contribution in [0.5, 0.6) is 5.88 Å². The number of rotatable bonds is 1. The Hall–Kier alpha value is -1.58. The molecule has 0 saturated carbocycles. The van der Waals surface area contributed by atoms with Crippen molar-refractivity contribution in [2.75, 3.05) is 18.6 Å². The van der Waals surface area contributed by atoms with E-state index in [0.29, 0.717) is 11.8 Å². The van der Waals surface area contributed by atoms with Crippen LogP contribution in [0.15, 0.2) is 12.1 Å². The quantitative estimate of drug-likeness (QED) is 0.700. The van der Waals surface area contributed by atoms with Crippen LogP contribution in [0.2, 0.25) is 0 Å². The van der Waals surface area contributed by atoms with Crippen LogP contribution in [0.4, 0.5) is 5.69 Å². The minimum Gasteiger partial charge on any atom is -0.466 e. The number of pyridine rings is 1. The Morgan fingerprint density at radius 1 is 1.47 bits per heavy atom. The number of aromatic nitrogens is 1. The van der Waals surface area contributed by atoms with E-state index in [1.54, 1.807) is 11.9 Å². The first-order valence-electron chi connectivity index (χ1n) is 5.00. The van der Waals surface area contributed by atoms with Crippen molar-refractivity contribution in [1.29, 1.82) is 0 Å². The fraction of sp³-hybridized carbons (Fsp3) is 0.455. The molecule has 0 unspecified atom stereocenters. The van der Waals surface area contributed by atoms with E-state index in [0.717, 1.165) is 11.4 Å². The molecule has 0 saturated heterocycles. The first kappa shape index (κ1) is 9.96. The van der Waals surface area contributed by atoms with E-state index in [9.17, 15) is 4.79 Å². The Kier molecular flexibility index (Phi) is 2.34. The Morgan fingerprint density at radius 3 is 2.87 bits per heavy atom. The molecule has 1 aromatic rings. The van der Waals surface area contributed by atoms with Crippen molar-refractivity contribution in [1.82, 2.24) is 4.98 Å². The van der Waals surface area contributed by atoms with Crippen LogP contribution in [0.3, 0.4) is 0 Å². The van der Waals surface area contributed by atoms with Gasteiger partial charge in [-0.2, -0.15) is 0 Å². The highest BCUT2D eigenvalue weighted by Gasteiger charge is 2.23. The van der Waals surface area contributed by atoms with E-state index in [-0.39, 0.29) is 12.5 Å². The van der Waals surface area contributed by atoms with Crippen molar-refractivity contribution < 1.29 is 9.53 Å². The number of nitrogens with zero attached hydrogens (tertiary/aromatic N) is 2. The van der Waals surface area contributed by atoms with Crippen molar-refractivity contribution >= 4 is 11.6 Å². The molecule has 2 rings (SSSR count). The maximum Gasteiger partial charge on any atom is 0.264 e. The maximum atomic E-state index is 11.3. The number of fused-ring (bicyclic) bond motifs is 1. The van der Waals surface area contributed by atoms with Crippen LogP contribution in [-0.2, 0) is 4.79 Å². The molecule has 0 aliphatic carbocycles. The third kappa shape index (κ3) is 1.67. The topological polar surface area (TPSA) is 42.4 Å². The zero-order chi connectivity index (χ0) is 11.0. The van der Waals surface area contributed by atoms with Gasteiger partial charge in [0.1, 0.15) is 5.69 Å². The first-order chi connectivity index (χ1) is 7.09. The number of carbonyl (C=O) groups excluding carboxylic acids is 1. The van der Waals surface area contributed by atoms with Gasteiger partial charge in [0.05, 0.1) is 0 Å². The Morgan fingerprint density at radius 2 is 2.20 bits per heavy atom. The van der Waals surface area contributed by atoms with Crippen LogP contribution >= 0.6 is 0 Å². The van der Waals surface area contributed by atoms with Crippen LogP contribution in [-0.4, -0.2) is 24.5 Å². The zero-order valence-corrected chi connectivity index (χ0v) is 9.15. The highest BCUT2D eigenvalue weighted by Crippen LogP contribution is 2.30. The van der Waals surface area contributed by atoms with Gasteiger partial charge in [-0.3, -0.25) is 4.79 Å². The molecule has 1 aliphatic rings. The first-order valence-corrected chi connectivity index (χ1v) is 5.00. The summed E-state index contributed by atoms with van der Waals surface area (Å²) in [6, 6.07) is 3.82. The van der Waals surface area contributed by atoms with Crippen LogP contribution in [0, 0.1) is 0 Å². The van der Waals surface area contributed by atoms with Gasteiger partial charge in [-0.15, -0.1) is 0 Å². The van der Waals surface area contributed by atoms with Gasteiger partial charge in [-0.25, -0.2) is 4.98 Å². The van der Waals surface area contributed by atoms with Gasteiger partial charge in [0.15, 0.2) is 6.61 Å². The predicted octanol–water partition coefficient (Wildman–Crippen LogP) is 1.56. The maximum absolute atomic E-state index is 11.3. The third-order valence-electron chi connectivity index (χ3n) is 2.52. The molecule has 4 nitrogen and oxygen atoms in total. The van der Waals surface area contributed by atoms with Gasteiger partial charge < -0.3 is 9.64 Å². The van der Waals surface area contributed by atoms with Crippen LogP contribution in [0.1, 0.15) is 25.5 Å². The Balaban J connectivity index is 2.42. The molecule has 80 valence electrons. The number of amides is 1. The molecular formula is C11H14N2O2. The smallest absolute Gasteiger partial charge is 0.264 e. The second-order valence-electron chi connectivity index (χ2n) is 3.96. The van der Waals surface area contributed by atoms with Gasteiger partial charge in [-0.1, -0.05) is 13.8 Å². The summed E-state index contributed by atoms with van der Waals surface area (Å²) >= 11 is 0. The van der Waals surface area contributed by atoms with E-state index in [1.165, 1.54) is 0 Å². The normalized spacial score (nSPS) is 15.2. The highest BCUT2D eigenvalue weighted by atomic mass is 16.5. The molecule has 15 heavy (non-hydrogen) atoms. The van der Waals surface area contributed by atoms with E-state index < -0.39 is 0 Å². The van der Waals surface area contributed by atoms with Crippen molar-refractivity contribution in [2.24, 2.45) is 0 Å². The summed E-state index contributed by atoms with van der Waals surface area (Å²) < 4.78 is 5.29. The highest BCUT2D eigenvalue weighted by molar-refractivity contribution is 5.96. The summed E-state index contributed by atoms with van der Waals surface area (Å²) in [5, 5.41) is 0. The second kappa shape index (κ2) is 3.53. The summed E-state index contributed by atoms with van der Waals surface area (Å²) in [5.74, 6) is 0.881. The Labute approximate surface area is 88.9 Å². The van der Waals surface area contributed by atoms with Crippen LogP contribution < -0.4 is 9.64 Å². The van der Waals surface area contributed by atoms with Gasteiger partial charge in [0.25, 0.3) is 5.91 Å². The Bertz CT molecular complexity index is 402. The summed E-state index contributed by atoms with van der Waals surface area (Å²) in [4.78, 5) is 17.3. The van der Waals surface area contributed by atoms with Gasteiger partial charge in [0.2, 0.25) is 5.88 Å². The minimum atomic E-state index is -0.0402. The average molecular weight is 206 g/mol. The average Bonchev–Trinajstić information content (AvgIpc) is 2.23. The van der Waals surface area contributed by atoms with Gasteiger partial charge >= 0.3 is 0 Å². The second-order valence-corrected chi connectivity index (χ2v) is 3.96. The van der Waals surface area contributed by atoms with E-state index in [1.807, 2.05) is 12.1 Å².